The highest BCUT2D eigenvalue weighted by Crippen LogP contribution is 2.17. The highest BCUT2D eigenvalue weighted by atomic mass is 16.6. The standard InChI is InChI=1S/C61H114O6/c1-4-7-10-13-16-19-22-25-28-30-32-33-36-39-42-45-48-51-54-60(63)66-57-58(56-65-59(62)53-50-47-44-41-38-35-27-24-21-18-15-12-9-6-3)67-61(64)55-52-49-46-43-40-37-34-31-29-26-23-20-17-14-11-8-5-2/h15,18,24,27,58H,4-14,16-17,19-23,25-26,28-57H2,1-3H3/b18-15+,27-24+/t58-/m1/s1. The Balaban J connectivity index is 4.32. The Morgan fingerprint density at radius 1 is 0.299 bits per heavy atom. The maximum absolute atomic E-state index is 12.9. The first-order valence-corrected chi connectivity index (χ1v) is 29.8. The molecule has 0 aliphatic heterocycles. The molecule has 0 aliphatic carbocycles. The van der Waals surface area contributed by atoms with Crippen molar-refractivity contribution in [2.45, 2.75) is 335 Å². The molecule has 0 aliphatic rings. The highest BCUT2D eigenvalue weighted by molar-refractivity contribution is 5.71. The van der Waals surface area contributed by atoms with Crippen molar-refractivity contribution in [3.63, 3.8) is 0 Å². The molecule has 394 valence electrons. The molecule has 0 aromatic carbocycles. The summed E-state index contributed by atoms with van der Waals surface area (Å²) in [5, 5.41) is 0. The monoisotopic (exact) mass is 943 g/mol. The van der Waals surface area contributed by atoms with E-state index in [0.29, 0.717) is 19.3 Å². The first kappa shape index (κ1) is 64.9. The van der Waals surface area contributed by atoms with Crippen molar-refractivity contribution >= 4 is 17.9 Å². The van der Waals surface area contributed by atoms with E-state index in [1.165, 1.54) is 212 Å². The van der Waals surface area contributed by atoms with Gasteiger partial charge in [0, 0.05) is 19.3 Å². The molecular formula is C61H114O6. The normalized spacial score (nSPS) is 12.1. The van der Waals surface area contributed by atoms with Crippen LogP contribution in [-0.2, 0) is 28.6 Å². The average Bonchev–Trinajstić information content (AvgIpc) is 3.33. The summed E-state index contributed by atoms with van der Waals surface area (Å²) in [6.07, 6.45) is 66.0. The smallest absolute Gasteiger partial charge is 0.306 e. The molecule has 0 aromatic rings. The summed E-state index contributed by atoms with van der Waals surface area (Å²) < 4.78 is 16.9. The topological polar surface area (TPSA) is 78.9 Å². The fourth-order valence-corrected chi connectivity index (χ4v) is 8.93. The molecule has 0 rings (SSSR count). The van der Waals surface area contributed by atoms with Crippen LogP contribution in [0.15, 0.2) is 24.3 Å². The summed E-state index contributed by atoms with van der Waals surface area (Å²) in [6.45, 7) is 6.65. The second-order valence-electron chi connectivity index (χ2n) is 20.3. The van der Waals surface area contributed by atoms with E-state index in [-0.39, 0.29) is 31.1 Å². The Morgan fingerprint density at radius 3 is 0.866 bits per heavy atom. The Bertz CT molecular complexity index is 1080. The number of esters is 3. The zero-order chi connectivity index (χ0) is 48.6. The van der Waals surface area contributed by atoms with Crippen molar-refractivity contribution in [3.05, 3.63) is 24.3 Å². The maximum Gasteiger partial charge on any atom is 0.306 e. The van der Waals surface area contributed by atoms with E-state index >= 15 is 0 Å². The van der Waals surface area contributed by atoms with E-state index in [2.05, 4.69) is 45.1 Å². The van der Waals surface area contributed by atoms with Gasteiger partial charge in [-0.1, -0.05) is 289 Å². The van der Waals surface area contributed by atoms with E-state index in [0.717, 1.165) is 77.0 Å². The average molecular weight is 944 g/mol. The van der Waals surface area contributed by atoms with E-state index in [1.54, 1.807) is 0 Å². The zero-order valence-electron chi connectivity index (χ0n) is 45.2. The van der Waals surface area contributed by atoms with Crippen LogP contribution in [0.4, 0.5) is 0 Å². The lowest BCUT2D eigenvalue weighted by Gasteiger charge is -2.18. The second kappa shape index (κ2) is 56.5. The van der Waals surface area contributed by atoms with E-state index in [4.69, 9.17) is 14.2 Å². The number of carbonyl (C=O) groups excluding carboxylic acids is 3. The summed E-state index contributed by atoms with van der Waals surface area (Å²) >= 11 is 0. The molecule has 67 heavy (non-hydrogen) atoms. The van der Waals surface area contributed by atoms with Gasteiger partial charge in [0.05, 0.1) is 0 Å². The van der Waals surface area contributed by atoms with Crippen LogP contribution < -0.4 is 0 Å². The number of hydrogen-bond donors (Lipinski definition) is 0. The third-order valence-electron chi connectivity index (χ3n) is 13.5. The van der Waals surface area contributed by atoms with Crippen LogP contribution in [0.1, 0.15) is 329 Å². The van der Waals surface area contributed by atoms with Crippen molar-refractivity contribution in [2.24, 2.45) is 0 Å². The SMILES string of the molecule is CCCC/C=C/C/C=C/CCCCCCCC(=O)OC[C@H](COC(=O)CCCCCCCCCCCCCCCCCCCC)OC(=O)CCCCCCCCCCCCCCCCCCC. The lowest BCUT2D eigenvalue weighted by atomic mass is 10.0. The number of ether oxygens (including phenoxy) is 3. The Kier molecular flexibility index (Phi) is 54.7. The van der Waals surface area contributed by atoms with Crippen molar-refractivity contribution in [1.82, 2.24) is 0 Å². The number of unbranched alkanes of at least 4 members (excludes halogenated alkanes) is 40. The summed E-state index contributed by atoms with van der Waals surface area (Å²) in [5.74, 6) is -0.860. The Labute approximate surface area is 417 Å². The van der Waals surface area contributed by atoms with E-state index < -0.39 is 6.10 Å². The van der Waals surface area contributed by atoms with Gasteiger partial charge in [-0.25, -0.2) is 0 Å². The van der Waals surface area contributed by atoms with Crippen LogP contribution in [0.3, 0.4) is 0 Å². The minimum Gasteiger partial charge on any atom is -0.462 e. The van der Waals surface area contributed by atoms with Gasteiger partial charge in [-0.3, -0.25) is 14.4 Å². The van der Waals surface area contributed by atoms with Gasteiger partial charge in [0.1, 0.15) is 13.2 Å². The predicted molar refractivity (Wildman–Crippen MR) is 289 cm³/mol. The van der Waals surface area contributed by atoms with Crippen LogP contribution >= 0.6 is 0 Å². The molecule has 0 aromatic heterocycles. The molecule has 6 heteroatoms. The lowest BCUT2D eigenvalue weighted by molar-refractivity contribution is -0.167. The summed E-state index contributed by atoms with van der Waals surface area (Å²) in [5.41, 5.74) is 0. The van der Waals surface area contributed by atoms with Gasteiger partial charge in [-0.15, -0.1) is 0 Å². The van der Waals surface area contributed by atoms with Gasteiger partial charge in [0.2, 0.25) is 0 Å². The Hall–Kier alpha value is -2.11. The quantitative estimate of drug-likeness (QED) is 0.0262. The molecule has 0 fully saturated rings. The third kappa shape index (κ3) is 54.7. The molecule has 0 saturated carbocycles. The molecular weight excluding hydrogens is 829 g/mol. The Morgan fingerprint density at radius 2 is 0.552 bits per heavy atom. The third-order valence-corrected chi connectivity index (χ3v) is 13.5. The van der Waals surface area contributed by atoms with Crippen LogP contribution in [0.2, 0.25) is 0 Å². The molecule has 0 heterocycles. The van der Waals surface area contributed by atoms with Crippen LogP contribution in [0.25, 0.3) is 0 Å². The van der Waals surface area contributed by atoms with Crippen LogP contribution in [0.5, 0.6) is 0 Å². The number of allylic oxidation sites excluding steroid dienone is 4. The molecule has 0 N–H and O–H groups in total. The number of hydrogen-bond acceptors (Lipinski definition) is 6. The highest BCUT2D eigenvalue weighted by Gasteiger charge is 2.19. The predicted octanol–water partition coefficient (Wildman–Crippen LogP) is 19.9. The zero-order valence-corrected chi connectivity index (χ0v) is 45.2. The molecule has 0 radical (unpaired) electrons. The lowest BCUT2D eigenvalue weighted by Crippen LogP contribution is -2.30. The van der Waals surface area contributed by atoms with E-state index in [1.807, 2.05) is 0 Å². The molecule has 0 saturated heterocycles. The molecule has 0 unspecified atom stereocenters. The maximum atomic E-state index is 12.9. The van der Waals surface area contributed by atoms with Gasteiger partial charge >= 0.3 is 17.9 Å². The van der Waals surface area contributed by atoms with Gasteiger partial charge in [0.15, 0.2) is 6.10 Å². The summed E-state index contributed by atoms with van der Waals surface area (Å²) in [4.78, 5) is 38.2. The van der Waals surface area contributed by atoms with Crippen LogP contribution in [0, 0.1) is 0 Å². The van der Waals surface area contributed by atoms with E-state index in [9.17, 15) is 14.4 Å². The van der Waals surface area contributed by atoms with Gasteiger partial charge in [-0.2, -0.15) is 0 Å². The van der Waals surface area contributed by atoms with Crippen molar-refractivity contribution in [3.8, 4) is 0 Å². The van der Waals surface area contributed by atoms with Crippen molar-refractivity contribution < 1.29 is 28.6 Å². The number of rotatable bonds is 55. The molecule has 0 amide bonds. The first-order valence-electron chi connectivity index (χ1n) is 29.8. The van der Waals surface area contributed by atoms with Crippen LogP contribution in [-0.4, -0.2) is 37.2 Å². The first-order chi connectivity index (χ1) is 33.0. The summed E-state index contributed by atoms with van der Waals surface area (Å²) in [7, 11) is 0. The molecule has 1 atom stereocenters. The fraction of sp³-hybridized carbons (Fsp3) is 0.885. The minimum absolute atomic E-state index is 0.0699. The fourth-order valence-electron chi connectivity index (χ4n) is 8.93. The largest absolute Gasteiger partial charge is 0.462 e. The number of carbonyl (C=O) groups is 3. The van der Waals surface area contributed by atoms with Gasteiger partial charge in [0.25, 0.3) is 0 Å². The van der Waals surface area contributed by atoms with Crippen molar-refractivity contribution in [2.75, 3.05) is 13.2 Å². The molecule has 0 spiro atoms. The van der Waals surface area contributed by atoms with Crippen molar-refractivity contribution in [1.29, 1.82) is 0 Å². The molecule has 6 nitrogen and oxygen atoms in total. The second-order valence-corrected chi connectivity index (χ2v) is 20.3. The molecule has 0 bridgehead atoms. The summed E-state index contributed by atoms with van der Waals surface area (Å²) in [6, 6.07) is 0. The van der Waals surface area contributed by atoms with Gasteiger partial charge in [-0.05, 0) is 44.9 Å². The van der Waals surface area contributed by atoms with Gasteiger partial charge < -0.3 is 14.2 Å². The minimum atomic E-state index is -0.772.